The predicted molar refractivity (Wildman–Crippen MR) is 81.5 cm³/mol. The molecular weight excluding hydrogens is 268 g/mol. The fraction of sp³-hybridized carbons (Fsp3) is 0.467. The Morgan fingerprint density at radius 1 is 1.24 bits per heavy atom. The van der Waals surface area contributed by atoms with E-state index in [9.17, 15) is 9.59 Å². The molecule has 3 amide bonds. The second-order valence-electron chi connectivity index (χ2n) is 5.61. The van der Waals surface area contributed by atoms with Gasteiger partial charge in [0, 0.05) is 17.6 Å². The zero-order valence-corrected chi connectivity index (χ0v) is 12.1. The van der Waals surface area contributed by atoms with Gasteiger partial charge in [0.15, 0.2) is 0 Å². The van der Waals surface area contributed by atoms with Crippen molar-refractivity contribution in [3.8, 4) is 0 Å². The molecule has 0 bridgehead atoms. The Morgan fingerprint density at radius 2 is 1.90 bits per heavy atom. The highest BCUT2D eigenvalue weighted by Gasteiger charge is 2.28. The van der Waals surface area contributed by atoms with Crippen LogP contribution < -0.4 is 22.1 Å². The standard InChI is InChI=1S/C15H22N4O2/c1-9(18-14(20)11-2-5-12(16)8-11)10-3-6-13(7-4-10)19-15(17)21/h3-4,6-7,9,11-12H,2,5,8,16H2,1H3,(H,18,20)(H3,17,19,21). The molecule has 0 saturated heterocycles. The molecule has 1 fully saturated rings. The van der Waals surface area contributed by atoms with Crippen LogP contribution in [0.4, 0.5) is 10.5 Å². The highest BCUT2D eigenvalue weighted by Crippen LogP contribution is 2.25. The van der Waals surface area contributed by atoms with Crippen molar-refractivity contribution in [3.05, 3.63) is 29.8 Å². The van der Waals surface area contributed by atoms with Gasteiger partial charge in [-0.3, -0.25) is 4.79 Å². The van der Waals surface area contributed by atoms with Crippen LogP contribution in [-0.2, 0) is 4.79 Å². The summed E-state index contributed by atoms with van der Waals surface area (Å²) >= 11 is 0. The fourth-order valence-electron chi connectivity index (χ4n) is 2.67. The number of amides is 3. The highest BCUT2D eigenvalue weighted by molar-refractivity contribution is 5.87. The third-order valence-electron chi connectivity index (χ3n) is 3.88. The summed E-state index contributed by atoms with van der Waals surface area (Å²) in [5.74, 6) is 0.0908. The normalized spacial score (nSPS) is 22.6. The van der Waals surface area contributed by atoms with E-state index in [-0.39, 0.29) is 23.9 Å². The molecule has 1 aromatic rings. The van der Waals surface area contributed by atoms with Gasteiger partial charge in [0.05, 0.1) is 6.04 Å². The summed E-state index contributed by atoms with van der Waals surface area (Å²) < 4.78 is 0. The first kappa shape index (κ1) is 15.3. The highest BCUT2D eigenvalue weighted by atomic mass is 16.2. The van der Waals surface area contributed by atoms with E-state index >= 15 is 0 Å². The molecule has 3 unspecified atom stereocenters. The Balaban J connectivity index is 1.92. The molecule has 1 aliphatic rings. The SMILES string of the molecule is CC(NC(=O)C1CCC(N)C1)c1ccc(NC(N)=O)cc1. The van der Waals surface area contributed by atoms with Crippen molar-refractivity contribution in [3.63, 3.8) is 0 Å². The minimum absolute atomic E-state index is 0.0262. The molecule has 0 radical (unpaired) electrons. The third kappa shape index (κ3) is 4.19. The van der Waals surface area contributed by atoms with Crippen LogP contribution in [0.1, 0.15) is 37.8 Å². The lowest BCUT2D eigenvalue weighted by Crippen LogP contribution is -2.32. The van der Waals surface area contributed by atoms with Gasteiger partial charge in [-0.2, -0.15) is 0 Å². The van der Waals surface area contributed by atoms with Gasteiger partial charge >= 0.3 is 6.03 Å². The molecule has 2 rings (SSSR count). The lowest BCUT2D eigenvalue weighted by molar-refractivity contribution is -0.125. The van der Waals surface area contributed by atoms with E-state index in [2.05, 4.69) is 10.6 Å². The number of anilines is 1. The van der Waals surface area contributed by atoms with E-state index in [1.165, 1.54) is 0 Å². The minimum atomic E-state index is -0.596. The van der Waals surface area contributed by atoms with Crippen LogP contribution in [0.25, 0.3) is 0 Å². The molecule has 0 aromatic heterocycles. The van der Waals surface area contributed by atoms with E-state index in [4.69, 9.17) is 11.5 Å². The summed E-state index contributed by atoms with van der Waals surface area (Å²) in [6.45, 7) is 1.93. The summed E-state index contributed by atoms with van der Waals surface area (Å²) in [6, 6.07) is 6.70. The molecule has 1 saturated carbocycles. The number of benzene rings is 1. The maximum Gasteiger partial charge on any atom is 0.316 e. The molecule has 0 aliphatic heterocycles. The van der Waals surface area contributed by atoms with E-state index in [0.717, 1.165) is 24.8 Å². The van der Waals surface area contributed by atoms with Gasteiger partial charge in [-0.05, 0) is 43.9 Å². The fourth-order valence-corrected chi connectivity index (χ4v) is 2.67. The first-order valence-electron chi connectivity index (χ1n) is 7.18. The Hall–Kier alpha value is -2.08. The molecule has 0 heterocycles. The lowest BCUT2D eigenvalue weighted by atomic mass is 10.0. The van der Waals surface area contributed by atoms with Crippen LogP contribution in [0.3, 0.4) is 0 Å². The molecule has 21 heavy (non-hydrogen) atoms. The van der Waals surface area contributed by atoms with Crippen molar-refractivity contribution in [1.29, 1.82) is 0 Å². The number of nitrogens with two attached hydrogens (primary N) is 2. The minimum Gasteiger partial charge on any atom is -0.351 e. The lowest BCUT2D eigenvalue weighted by Gasteiger charge is -2.18. The van der Waals surface area contributed by atoms with Crippen LogP contribution in [0.5, 0.6) is 0 Å². The van der Waals surface area contributed by atoms with Crippen LogP contribution in [0.2, 0.25) is 0 Å². The van der Waals surface area contributed by atoms with Crippen LogP contribution >= 0.6 is 0 Å². The van der Waals surface area contributed by atoms with Crippen molar-refractivity contribution in [2.45, 2.75) is 38.3 Å². The molecule has 6 heteroatoms. The summed E-state index contributed by atoms with van der Waals surface area (Å²) in [7, 11) is 0. The summed E-state index contributed by atoms with van der Waals surface area (Å²) in [4.78, 5) is 22.9. The van der Waals surface area contributed by atoms with Crippen molar-refractivity contribution in [2.75, 3.05) is 5.32 Å². The zero-order chi connectivity index (χ0) is 15.4. The molecule has 0 spiro atoms. The Kier molecular flexibility index (Phi) is 4.80. The van der Waals surface area contributed by atoms with Crippen molar-refractivity contribution >= 4 is 17.6 Å². The molecule has 6 nitrogen and oxygen atoms in total. The molecule has 1 aliphatic carbocycles. The monoisotopic (exact) mass is 290 g/mol. The molecule has 1 aromatic carbocycles. The number of carbonyl (C=O) groups excluding carboxylic acids is 2. The maximum atomic E-state index is 12.1. The second kappa shape index (κ2) is 6.58. The molecule has 114 valence electrons. The van der Waals surface area contributed by atoms with Crippen molar-refractivity contribution in [2.24, 2.45) is 17.4 Å². The van der Waals surface area contributed by atoms with E-state index in [1.54, 1.807) is 12.1 Å². The summed E-state index contributed by atoms with van der Waals surface area (Å²) in [5.41, 5.74) is 12.5. The van der Waals surface area contributed by atoms with E-state index in [0.29, 0.717) is 5.69 Å². The number of rotatable bonds is 4. The smallest absolute Gasteiger partial charge is 0.316 e. The third-order valence-corrected chi connectivity index (χ3v) is 3.88. The van der Waals surface area contributed by atoms with Crippen LogP contribution in [0, 0.1) is 5.92 Å². The van der Waals surface area contributed by atoms with Gasteiger partial charge in [-0.1, -0.05) is 12.1 Å². The zero-order valence-electron chi connectivity index (χ0n) is 12.1. The van der Waals surface area contributed by atoms with Crippen LogP contribution in [0.15, 0.2) is 24.3 Å². The topological polar surface area (TPSA) is 110 Å². The number of hydrogen-bond donors (Lipinski definition) is 4. The number of carbonyl (C=O) groups is 2. The average Bonchev–Trinajstić information content (AvgIpc) is 2.85. The van der Waals surface area contributed by atoms with Crippen molar-refractivity contribution in [1.82, 2.24) is 5.32 Å². The quantitative estimate of drug-likeness (QED) is 0.674. The number of hydrogen-bond acceptors (Lipinski definition) is 3. The van der Waals surface area contributed by atoms with Gasteiger partial charge in [-0.15, -0.1) is 0 Å². The van der Waals surface area contributed by atoms with Gasteiger partial charge in [0.25, 0.3) is 0 Å². The van der Waals surface area contributed by atoms with E-state index in [1.807, 2.05) is 19.1 Å². The number of primary amides is 1. The molecule has 3 atom stereocenters. The van der Waals surface area contributed by atoms with Gasteiger partial charge in [0.1, 0.15) is 0 Å². The van der Waals surface area contributed by atoms with Crippen LogP contribution in [-0.4, -0.2) is 18.0 Å². The summed E-state index contributed by atoms with van der Waals surface area (Å²) in [6.07, 6.45) is 2.54. The first-order chi connectivity index (χ1) is 9.95. The van der Waals surface area contributed by atoms with Crippen molar-refractivity contribution < 1.29 is 9.59 Å². The Labute approximate surface area is 124 Å². The number of urea groups is 1. The van der Waals surface area contributed by atoms with E-state index < -0.39 is 6.03 Å². The van der Waals surface area contributed by atoms with Gasteiger partial charge in [-0.25, -0.2) is 4.79 Å². The predicted octanol–water partition coefficient (Wildman–Crippen LogP) is 1.48. The molecular formula is C15H22N4O2. The first-order valence-corrected chi connectivity index (χ1v) is 7.18. The summed E-state index contributed by atoms with van der Waals surface area (Å²) in [5, 5.41) is 5.51. The Bertz CT molecular complexity index is 515. The maximum absolute atomic E-state index is 12.1. The Morgan fingerprint density at radius 3 is 2.43 bits per heavy atom. The largest absolute Gasteiger partial charge is 0.351 e. The van der Waals surface area contributed by atoms with Gasteiger partial charge < -0.3 is 22.1 Å². The second-order valence-corrected chi connectivity index (χ2v) is 5.61. The molecule has 6 N–H and O–H groups in total. The van der Waals surface area contributed by atoms with Gasteiger partial charge in [0.2, 0.25) is 5.91 Å². The average molecular weight is 290 g/mol. The number of nitrogens with one attached hydrogen (secondary N) is 2.